The van der Waals surface area contributed by atoms with Crippen molar-refractivity contribution in [2.45, 2.75) is 65.1 Å². The fourth-order valence-electron chi connectivity index (χ4n) is 6.67. The number of ketones is 3. The van der Waals surface area contributed by atoms with Crippen molar-refractivity contribution >= 4 is 52.0 Å². The molecule has 3 N–H and O–H groups in total. The SMILES string of the molecule is CC(C)[C@H](NC[C@@H](CSC(=O)c1ccccc1)CC(=O)c1ccccc1)C(=O)Cc1ccccc1.CC(C)[C@H](NC[C@H]1CN1)C(=O)Cc1ccccc1.O=C(S)c1ccccc1. The first kappa shape index (κ1) is 49.7. The van der Waals surface area contributed by atoms with Crippen LogP contribution in [0.1, 0.15) is 76.3 Å². The van der Waals surface area contributed by atoms with E-state index < -0.39 is 0 Å². The zero-order valence-electron chi connectivity index (χ0n) is 36.2. The van der Waals surface area contributed by atoms with Gasteiger partial charge in [-0.2, -0.15) is 0 Å². The number of rotatable bonds is 21. The minimum absolute atomic E-state index is 0.0108. The number of nitrogens with one attached hydrogen (secondary N) is 3. The van der Waals surface area contributed by atoms with Crippen LogP contribution in [-0.4, -0.2) is 71.1 Å². The van der Waals surface area contributed by atoms with Gasteiger partial charge in [-0.15, -0.1) is 12.6 Å². The molecule has 1 heterocycles. The van der Waals surface area contributed by atoms with E-state index in [2.05, 4.69) is 42.4 Å². The lowest BCUT2D eigenvalue weighted by molar-refractivity contribution is -0.122. The van der Waals surface area contributed by atoms with Gasteiger partial charge in [-0.1, -0.05) is 191 Å². The number of carbonyl (C=O) groups is 5. The molecule has 1 aliphatic heterocycles. The number of thioether (sulfide) groups is 1. The van der Waals surface area contributed by atoms with Gasteiger partial charge >= 0.3 is 0 Å². The van der Waals surface area contributed by atoms with Crippen LogP contribution in [0.5, 0.6) is 0 Å². The minimum atomic E-state index is -0.320. The number of thiol groups is 1. The van der Waals surface area contributed by atoms with Crippen LogP contribution in [0.2, 0.25) is 0 Å². The standard InChI is InChI=1S/C30H33NO3S.C15H22N2O.C7H6OS/c1-22(2)29(28(33)18-23-12-6-3-7-13-23)31-20-24(19-27(32)25-14-8-4-9-15-25)21-35-30(34)26-16-10-5-11-17-26;1-11(2)15(17-10-13-9-16-13)14(18)8-12-6-4-3-5-7-12;8-7(9)6-4-2-1-3-5-6/h3-17,22,24,29,31H,18-21H2,1-2H3;3-7,11,13,15-17H,8-10H2,1-2H3;1-5H,(H,8,9)/t24-,29-;13-,15+;/m01./s1. The first-order valence-electron chi connectivity index (χ1n) is 21.3. The summed E-state index contributed by atoms with van der Waals surface area (Å²) in [5.74, 6) is 1.31. The number of hydrogen-bond acceptors (Lipinski definition) is 9. The first-order valence-corrected chi connectivity index (χ1v) is 22.8. The van der Waals surface area contributed by atoms with E-state index in [1.165, 1.54) is 11.8 Å². The third-order valence-corrected chi connectivity index (χ3v) is 11.6. The number of benzene rings is 5. The van der Waals surface area contributed by atoms with E-state index in [1.54, 1.807) is 24.3 Å². The summed E-state index contributed by atoms with van der Waals surface area (Å²) in [6, 6.07) is 47.2. The van der Waals surface area contributed by atoms with Crippen LogP contribution in [-0.2, 0) is 22.4 Å². The smallest absolute Gasteiger partial charge is 0.219 e. The van der Waals surface area contributed by atoms with E-state index in [-0.39, 0.29) is 51.5 Å². The Morgan fingerprint density at radius 1 is 0.597 bits per heavy atom. The Morgan fingerprint density at radius 2 is 1.00 bits per heavy atom. The van der Waals surface area contributed by atoms with Gasteiger partial charge in [0.05, 0.1) is 12.1 Å². The summed E-state index contributed by atoms with van der Waals surface area (Å²) in [5.41, 5.74) is 4.04. The predicted molar refractivity (Wildman–Crippen MR) is 257 cm³/mol. The van der Waals surface area contributed by atoms with E-state index in [0.717, 1.165) is 24.2 Å². The maximum absolute atomic E-state index is 13.1. The molecule has 0 amide bonds. The van der Waals surface area contributed by atoms with Crippen LogP contribution < -0.4 is 16.0 Å². The van der Waals surface area contributed by atoms with Crippen molar-refractivity contribution in [2.24, 2.45) is 17.8 Å². The molecule has 326 valence electrons. The number of hydrogen-bond donors (Lipinski definition) is 4. The Hall–Kier alpha value is -4.97. The topological polar surface area (TPSA) is 131 Å². The van der Waals surface area contributed by atoms with Crippen LogP contribution in [0.4, 0.5) is 0 Å². The molecule has 5 aromatic carbocycles. The van der Waals surface area contributed by atoms with Gasteiger partial charge in [0.1, 0.15) is 0 Å². The van der Waals surface area contributed by atoms with Crippen LogP contribution in [0.25, 0.3) is 0 Å². The summed E-state index contributed by atoms with van der Waals surface area (Å²) < 4.78 is 0. The molecule has 0 saturated carbocycles. The largest absolute Gasteiger partial charge is 0.310 e. The molecule has 8 nitrogen and oxygen atoms in total. The molecule has 0 unspecified atom stereocenters. The molecule has 4 atom stereocenters. The van der Waals surface area contributed by atoms with Crippen molar-refractivity contribution in [3.05, 3.63) is 179 Å². The van der Waals surface area contributed by atoms with Crippen molar-refractivity contribution in [3.8, 4) is 0 Å². The molecule has 62 heavy (non-hydrogen) atoms. The highest BCUT2D eigenvalue weighted by molar-refractivity contribution is 8.14. The van der Waals surface area contributed by atoms with E-state index >= 15 is 0 Å². The predicted octanol–water partition coefficient (Wildman–Crippen LogP) is 9.02. The Labute approximate surface area is 377 Å². The molecule has 6 rings (SSSR count). The lowest BCUT2D eigenvalue weighted by atomic mass is 9.93. The highest BCUT2D eigenvalue weighted by Gasteiger charge is 2.27. The quantitative estimate of drug-likeness (QED) is 0.0324. The lowest BCUT2D eigenvalue weighted by Gasteiger charge is -2.25. The average Bonchev–Trinajstić information content (AvgIpc) is 4.12. The monoisotopic (exact) mass is 871 g/mol. The molecule has 10 heteroatoms. The van der Waals surface area contributed by atoms with Crippen LogP contribution >= 0.6 is 24.4 Å². The lowest BCUT2D eigenvalue weighted by Crippen LogP contribution is -2.44. The van der Waals surface area contributed by atoms with Crippen molar-refractivity contribution in [1.29, 1.82) is 0 Å². The van der Waals surface area contributed by atoms with Crippen molar-refractivity contribution in [2.75, 3.05) is 25.4 Å². The zero-order chi connectivity index (χ0) is 44.7. The minimum Gasteiger partial charge on any atom is -0.310 e. The van der Waals surface area contributed by atoms with E-state index in [1.807, 2.05) is 141 Å². The molecule has 1 fully saturated rings. The summed E-state index contributed by atoms with van der Waals surface area (Å²) in [7, 11) is 0. The molecular formula is C52H61N3O5S2. The van der Waals surface area contributed by atoms with Crippen LogP contribution in [0.15, 0.2) is 152 Å². The Kier molecular flexibility index (Phi) is 21.8. The Balaban J connectivity index is 0.000000256. The Morgan fingerprint density at radius 3 is 1.40 bits per heavy atom. The van der Waals surface area contributed by atoms with Gasteiger partial charge in [0.25, 0.3) is 0 Å². The third kappa shape index (κ3) is 18.6. The second kappa shape index (κ2) is 27.2. The molecule has 1 aliphatic rings. The van der Waals surface area contributed by atoms with Gasteiger partial charge in [0.15, 0.2) is 17.3 Å². The maximum atomic E-state index is 13.1. The third-order valence-electron chi connectivity index (χ3n) is 10.2. The van der Waals surface area contributed by atoms with Crippen LogP contribution in [0, 0.1) is 17.8 Å². The molecule has 0 radical (unpaired) electrons. The normalized spacial score (nSPS) is 14.3. The van der Waals surface area contributed by atoms with E-state index in [0.29, 0.717) is 60.2 Å². The summed E-state index contributed by atoms with van der Waals surface area (Å²) in [4.78, 5) is 61.5. The Bertz CT molecular complexity index is 2100. The van der Waals surface area contributed by atoms with Crippen molar-refractivity contribution in [1.82, 2.24) is 16.0 Å². The van der Waals surface area contributed by atoms with E-state index in [9.17, 15) is 24.0 Å². The summed E-state index contributed by atoms with van der Waals surface area (Å²) in [6.07, 6.45) is 1.20. The summed E-state index contributed by atoms with van der Waals surface area (Å²) in [6.45, 7) is 10.7. The molecular weight excluding hydrogens is 811 g/mol. The highest BCUT2D eigenvalue weighted by atomic mass is 32.2. The number of carbonyl (C=O) groups excluding carboxylic acids is 5. The zero-order valence-corrected chi connectivity index (χ0v) is 38.0. The van der Waals surface area contributed by atoms with Crippen LogP contribution in [0.3, 0.4) is 0 Å². The number of Topliss-reactive ketones (excluding diaryl/α,β-unsaturated/α-hetero) is 3. The molecule has 0 spiro atoms. The molecule has 1 saturated heterocycles. The fraction of sp³-hybridized carbons (Fsp3) is 0.327. The van der Waals surface area contributed by atoms with Crippen molar-refractivity contribution in [3.63, 3.8) is 0 Å². The van der Waals surface area contributed by atoms with E-state index in [4.69, 9.17) is 0 Å². The van der Waals surface area contributed by atoms with Gasteiger partial charge < -0.3 is 16.0 Å². The van der Waals surface area contributed by atoms with Gasteiger partial charge in [-0.3, -0.25) is 24.0 Å². The summed E-state index contributed by atoms with van der Waals surface area (Å²) in [5, 5.41) is 9.87. The van der Waals surface area contributed by atoms with Gasteiger partial charge in [-0.25, -0.2) is 0 Å². The van der Waals surface area contributed by atoms with Gasteiger partial charge in [-0.05, 0) is 35.4 Å². The molecule has 0 aliphatic carbocycles. The van der Waals surface area contributed by atoms with Gasteiger partial charge in [0, 0.05) is 60.8 Å². The van der Waals surface area contributed by atoms with Gasteiger partial charge in [0.2, 0.25) is 10.2 Å². The second-order valence-corrected chi connectivity index (χ2v) is 17.5. The fourth-order valence-corrected chi connectivity index (χ4v) is 7.75. The van der Waals surface area contributed by atoms with Crippen molar-refractivity contribution < 1.29 is 24.0 Å². The molecule has 5 aromatic rings. The first-order chi connectivity index (χ1) is 29.9. The molecule has 0 bridgehead atoms. The maximum Gasteiger partial charge on any atom is 0.219 e. The average molecular weight is 872 g/mol. The summed E-state index contributed by atoms with van der Waals surface area (Å²) >= 11 is 4.88. The molecule has 0 aromatic heterocycles. The second-order valence-electron chi connectivity index (χ2n) is 16.1. The highest BCUT2D eigenvalue weighted by Crippen LogP contribution is 2.21.